The Balaban J connectivity index is 1.63. The Morgan fingerprint density at radius 3 is 2.81 bits per heavy atom. The molecule has 1 aliphatic carbocycles. The Kier molecular flexibility index (Phi) is 4.33. The van der Waals surface area contributed by atoms with E-state index in [2.05, 4.69) is 15.0 Å². The molecule has 2 N–H and O–H groups in total. The molecule has 3 aromatic rings. The second-order valence-electron chi connectivity index (χ2n) is 6.32. The molecule has 1 amide bonds. The quantitative estimate of drug-likeness (QED) is 0.675. The number of ether oxygens (including phenoxy) is 1. The van der Waals surface area contributed by atoms with Gasteiger partial charge in [0.15, 0.2) is 0 Å². The zero-order valence-electron chi connectivity index (χ0n) is 14.5. The maximum Gasteiger partial charge on any atom is 0.257 e. The summed E-state index contributed by atoms with van der Waals surface area (Å²) >= 11 is 0. The summed E-state index contributed by atoms with van der Waals surface area (Å²) in [4.78, 5) is 16.8. The highest BCUT2D eigenvalue weighted by Gasteiger charge is 2.28. The van der Waals surface area contributed by atoms with Crippen LogP contribution in [0, 0.1) is 0 Å². The topological polar surface area (TPSA) is 102 Å². The van der Waals surface area contributed by atoms with Crippen molar-refractivity contribution in [1.29, 1.82) is 0 Å². The highest BCUT2D eigenvalue weighted by Crippen LogP contribution is 2.29. The average molecular weight is 386 g/mol. The molecule has 0 spiro atoms. The van der Waals surface area contributed by atoms with E-state index < -0.39 is 10.0 Å². The summed E-state index contributed by atoms with van der Waals surface area (Å²) in [7, 11) is -2.18. The highest BCUT2D eigenvalue weighted by atomic mass is 32.2. The number of benzene rings is 1. The van der Waals surface area contributed by atoms with Crippen molar-refractivity contribution in [3.05, 3.63) is 54.5 Å². The van der Waals surface area contributed by atoms with Crippen molar-refractivity contribution < 1.29 is 17.9 Å². The van der Waals surface area contributed by atoms with E-state index in [1.54, 1.807) is 35.1 Å². The third-order valence-electron chi connectivity index (χ3n) is 4.28. The minimum atomic E-state index is -3.64. The molecule has 0 atom stereocenters. The van der Waals surface area contributed by atoms with Crippen LogP contribution < -0.4 is 14.8 Å². The van der Waals surface area contributed by atoms with Gasteiger partial charge in [0.25, 0.3) is 5.91 Å². The first-order valence-corrected chi connectivity index (χ1v) is 9.89. The molecule has 1 saturated carbocycles. The molecule has 0 radical (unpaired) electrons. The Hall–Kier alpha value is -2.91. The molecular formula is C18H18N4O4S. The molecule has 8 nitrogen and oxygen atoms in total. The zero-order chi connectivity index (χ0) is 19.0. The third-order valence-corrected chi connectivity index (χ3v) is 5.80. The van der Waals surface area contributed by atoms with Gasteiger partial charge in [-0.1, -0.05) is 0 Å². The minimum Gasteiger partial charge on any atom is -0.495 e. The lowest BCUT2D eigenvalue weighted by molar-refractivity contribution is 0.102. The second-order valence-corrected chi connectivity index (χ2v) is 8.04. The molecule has 0 unspecified atom stereocenters. The fourth-order valence-electron chi connectivity index (χ4n) is 2.69. The first-order chi connectivity index (χ1) is 13.0. The molecule has 1 fully saturated rings. The van der Waals surface area contributed by atoms with Gasteiger partial charge in [0.2, 0.25) is 10.0 Å². The summed E-state index contributed by atoms with van der Waals surface area (Å²) in [5, 5.41) is 2.73. The van der Waals surface area contributed by atoms with Crippen LogP contribution in [0.1, 0.15) is 23.2 Å². The van der Waals surface area contributed by atoms with Crippen molar-refractivity contribution in [3.8, 4) is 5.75 Å². The van der Waals surface area contributed by atoms with E-state index in [1.165, 1.54) is 25.3 Å². The highest BCUT2D eigenvalue weighted by molar-refractivity contribution is 7.89. The molecule has 2 aromatic heterocycles. The lowest BCUT2D eigenvalue weighted by atomic mass is 10.2. The number of fused-ring (bicyclic) bond motifs is 1. The van der Waals surface area contributed by atoms with E-state index >= 15 is 0 Å². The van der Waals surface area contributed by atoms with Gasteiger partial charge in [-0.25, -0.2) is 18.1 Å². The summed E-state index contributed by atoms with van der Waals surface area (Å²) in [6, 6.07) is 7.76. The first kappa shape index (κ1) is 17.5. The van der Waals surface area contributed by atoms with Gasteiger partial charge in [-0.2, -0.15) is 0 Å². The Morgan fingerprint density at radius 1 is 1.26 bits per heavy atom. The normalized spacial score (nSPS) is 14.3. The van der Waals surface area contributed by atoms with Gasteiger partial charge in [0, 0.05) is 24.6 Å². The molecule has 0 bridgehead atoms. The summed E-state index contributed by atoms with van der Waals surface area (Å²) in [6.07, 6.45) is 6.72. The van der Waals surface area contributed by atoms with Crippen LogP contribution >= 0.6 is 0 Å². The number of pyridine rings is 1. The smallest absolute Gasteiger partial charge is 0.257 e. The molecule has 140 valence electrons. The number of rotatable bonds is 6. The number of aromatic nitrogens is 2. The molecule has 0 saturated heterocycles. The molecule has 1 aromatic carbocycles. The largest absolute Gasteiger partial charge is 0.495 e. The lowest BCUT2D eigenvalue weighted by Gasteiger charge is -2.13. The van der Waals surface area contributed by atoms with Crippen molar-refractivity contribution in [2.24, 2.45) is 0 Å². The van der Waals surface area contributed by atoms with E-state index in [9.17, 15) is 13.2 Å². The van der Waals surface area contributed by atoms with Gasteiger partial charge in [-0.3, -0.25) is 4.79 Å². The van der Waals surface area contributed by atoms with Gasteiger partial charge in [0.1, 0.15) is 11.4 Å². The van der Waals surface area contributed by atoms with Crippen LogP contribution in [0.5, 0.6) is 5.75 Å². The fourth-order valence-corrected chi connectivity index (χ4v) is 4.02. The number of nitrogens with one attached hydrogen (secondary N) is 2. The Morgan fingerprint density at radius 2 is 2.07 bits per heavy atom. The second kappa shape index (κ2) is 6.67. The lowest BCUT2D eigenvalue weighted by Crippen LogP contribution is -2.26. The zero-order valence-corrected chi connectivity index (χ0v) is 15.4. The predicted octanol–water partition coefficient (Wildman–Crippen LogP) is 2.04. The molecular weight excluding hydrogens is 368 g/mol. The van der Waals surface area contributed by atoms with Gasteiger partial charge in [0.05, 0.1) is 23.3 Å². The number of sulfonamides is 1. The summed E-state index contributed by atoms with van der Waals surface area (Å²) in [6.45, 7) is 0. The number of nitrogens with zero attached hydrogens (tertiary/aromatic N) is 2. The monoisotopic (exact) mass is 386 g/mol. The van der Waals surface area contributed by atoms with Crippen LogP contribution in [0.4, 0.5) is 5.69 Å². The Labute approximate surface area is 156 Å². The number of amides is 1. The van der Waals surface area contributed by atoms with Crippen molar-refractivity contribution in [2.45, 2.75) is 23.8 Å². The standard InChI is InChI=1S/C18H18N4O4S/c1-26-16-6-5-14(27(24,25)21-13-3-4-13)10-15(16)20-18(23)12-2-7-17-19-8-9-22(17)11-12/h2,5-11,13,21H,3-4H2,1H3,(H,20,23). The maximum atomic E-state index is 12.6. The van der Waals surface area contributed by atoms with Crippen LogP contribution in [0.2, 0.25) is 0 Å². The van der Waals surface area contributed by atoms with Crippen molar-refractivity contribution in [2.75, 3.05) is 12.4 Å². The van der Waals surface area contributed by atoms with Crippen molar-refractivity contribution in [3.63, 3.8) is 0 Å². The predicted molar refractivity (Wildman–Crippen MR) is 99.5 cm³/mol. The van der Waals surface area contributed by atoms with Crippen LogP contribution in [0.3, 0.4) is 0 Å². The molecule has 4 rings (SSSR count). The van der Waals surface area contributed by atoms with Crippen LogP contribution in [0.25, 0.3) is 5.65 Å². The third kappa shape index (κ3) is 3.64. The number of anilines is 1. The molecule has 9 heteroatoms. The van der Waals surface area contributed by atoms with Crippen LogP contribution in [-0.2, 0) is 10.0 Å². The maximum absolute atomic E-state index is 12.6. The van der Waals surface area contributed by atoms with Gasteiger partial charge in [-0.05, 0) is 43.2 Å². The van der Waals surface area contributed by atoms with Crippen LogP contribution in [0.15, 0.2) is 53.8 Å². The number of imidazole rings is 1. The average Bonchev–Trinajstić information content (AvgIpc) is 3.32. The van der Waals surface area contributed by atoms with Gasteiger partial charge >= 0.3 is 0 Å². The Bertz CT molecular complexity index is 1120. The summed E-state index contributed by atoms with van der Waals surface area (Å²) < 4.78 is 34.5. The SMILES string of the molecule is COc1ccc(S(=O)(=O)NC2CC2)cc1NC(=O)c1ccc2nccn2c1. The van der Waals surface area contributed by atoms with Gasteiger partial charge < -0.3 is 14.5 Å². The van der Waals surface area contributed by atoms with Crippen LogP contribution in [-0.4, -0.2) is 36.9 Å². The van der Waals surface area contributed by atoms with E-state index in [0.717, 1.165) is 18.5 Å². The molecule has 1 aliphatic rings. The van der Waals surface area contributed by atoms with E-state index in [1.807, 2.05) is 0 Å². The fraction of sp³-hybridized carbons (Fsp3) is 0.222. The minimum absolute atomic E-state index is 0.00273. The summed E-state index contributed by atoms with van der Waals surface area (Å²) in [5.74, 6) is -0.00830. The first-order valence-electron chi connectivity index (χ1n) is 8.41. The van der Waals surface area contributed by atoms with E-state index in [0.29, 0.717) is 11.3 Å². The van der Waals surface area contributed by atoms with Crippen molar-refractivity contribution >= 4 is 27.3 Å². The number of hydrogen-bond donors (Lipinski definition) is 2. The number of carbonyl (C=O) groups is 1. The van der Waals surface area contributed by atoms with Gasteiger partial charge in [-0.15, -0.1) is 0 Å². The molecule has 27 heavy (non-hydrogen) atoms. The number of carbonyl (C=O) groups excluding carboxylic acids is 1. The van der Waals surface area contributed by atoms with E-state index in [4.69, 9.17) is 4.74 Å². The number of hydrogen-bond acceptors (Lipinski definition) is 5. The number of methoxy groups -OCH3 is 1. The van der Waals surface area contributed by atoms with Crippen molar-refractivity contribution in [1.82, 2.24) is 14.1 Å². The molecule has 2 heterocycles. The summed E-state index contributed by atoms with van der Waals surface area (Å²) in [5.41, 5.74) is 1.42. The molecule has 0 aliphatic heterocycles. The van der Waals surface area contributed by atoms with E-state index in [-0.39, 0.29) is 22.5 Å².